The van der Waals surface area contributed by atoms with Crippen LogP contribution in [0.2, 0.25) is 0 Å². The maximum Gasteiger partial charge on any atom is 0.355 e. The second kappa shape index (κ2) is 4.70. The van der Waals surface area contributed by atoms with Crippen molar-refractivity contribution in [3.8, 4) is 0 Å². The van der Waals surface area contributed by atoms with E-state index in [1.165, 1.54) is 11.3 Å². The monoisotopic (exact) mass is 255 g/mol. The minimum absolute atomic E-state index is 0.0679. The molecule has 0 radical (unpaired) electrons. The molecule has 1 atom stereocenters. The van der Waals surface area contributed by atoms with Crippen LogP contribution in [0.5, 0.6) is 0 Å². The molecule has 1 aromatic heterocycles. The third-order valence-corrected chi connectivity index (χ3v) is 3.51. The van der Waals surface area contributed by atoms with E-state index in [0.717, 1.165) is 6.42 Å². The van der Waals surface area contributed by atoms with Crippen LogP contribution in [0, 0.1) is 6.92 Å². The van der Waals surface area contributed by atoms with Crippen molar-refractivity contribution in [3.63, 3.8) is 0 Å². The molecule has 0 spiro atoms. The standard InChI is InChI=1S/C10H13N3O3S/c1-5-8(9(15)16)13-10(17-5)11-4-6-2-3-7(14)12-6/h6H,2-4H2,1H3,(H,11,13)(H,12,14)(H,15,16). The number of aryl methyl sites for hydroxylation is 1. The van der Waals surface area contributed by atoms with Gasteiger partial charge in [-0.05, 0) is 13.3 Å². The van der Waals surface area contributed by atoms with Crippen LogP contribution in [0.3, 0.4) is 0 Å². The Kier molecular flexibility index (Phi) is 3.28. The first-order valence-electron chi connectivity index (χ1n) is 5.30. The lowest BCUT2D eigenvalue weighted by atomic mass is 10.2. The van der Waals surface area contributed by atoms with Gasteiger partial charge < -0.3 is 15.7 Å². The van der Waals surface area contributed by atoms with Crippen LogP contribution < -0.4 is 10.6 Å². The summed E-state index contributed by atoms with van der Waals surface area (Å²) in [5, 5.41) is 15.3. The maximum absolute atomic E-state index is 11.0. The van der Waals surface area contributed by atoms with Gasteiger partial charge >= 0.3 is 5.97 Å². The van der Waals surface area contributed by atoms with Crippen molar-refractivity contribution in [2.24, 2.45) is 0 Å². The summed E-state index contributed by atoms with van der Waals surface area (Å²) in [6, 6.07) is 0.111. The number of aromatic nitrogens is 1. The maximum atomic E-state index is 11.0. The average Bonchev–Trinajstić information content (AvgIpc) is 2.82. The summed E-state index contributed by atoms with van der Waals surface area (Å²) in [6.07, 6.45) is 1.37. The number of anilines is 1. The summed E-state index contributed by atoms with van der Waals surface area (Å²) in [7, 11) is 0. The van der Waals surface area contributed by atoms with E-state index >= 15 is 0 Å². The van der Waals surface area contributed by atoms with Crippen LogP contribution in [0.1, 0.15) is 28.2 Å². The van der Waals surface area contributed by atoms with Crippen LogP contribution in [0.25, 0.3) is 0 Å². The number of hydrogen-bond acceptors (Lipinski definition) is 5. The number of thiazole rings is 1. The second-order valence-electron chi connectivity index (χ2n) is 3.91. The summed E-state index contributed by atoms with van der Waals surface area (Å²) in [4.78, 5) is 26.4. The highest BCUT2D eigenvalue weighted by Gasteiger charge is 2.21. The van der Waals surface area contributed by atoms with E-state index in [0.29, 0.717) is 23.0 Å². The minimum Gasteiger partial charge on any atom is -0.476 e. The van der Waals surface area contributed by atoms with Gasteiger partial charge in [0.05, 0.1) is 0 Å². The van der Waals surface area contributed by atoms with Gasteiger partial charge in [0.25, 0.3) is 0 Å². The first kappa shape index (κ1) is 11.8. The van der Waals surface area contributed by atoms with Crippen molar-refractivity contribution in [2.45, 2.75) is 25.8 Å². The highest BCUT2D eigenvalue weighted by atomic mass is 32.1. The van der Waals surface area contributed by atoms with Gasteiger partial charge in [-0.25, -0.2) is 9.78 Å². The first-order valence-corrected chi connectivity index (χ1v) is 6.12. The molecule has 0 bridgehead atoms. The number of amides is 1. The van der Waals surface area contributed by atoms with E-state index in [4.69, 9.17) is 5.11 Å². The van der Waals surface area contributed by atoms with Crippen molar-refractivity contribution in [1.82, 2.24) is 10.3 Å². The third kappa shape index (κ3) is 2.73. The molecule has 0 aliphatic carbocycles. The number of nitrogens with one attached hydrogen (secondary N) is 2. The molecular formula is C10H13N3O3S. The number of carboxylic acids is 1. The molecule has 1 aromatic rings. The molecule has 3 N–H and O–H groups in total. The Morgan fingerprint density at radius 1 is 1.71 bits per heavy atom. The number of aromatic carboxylic acids is 1. The average molecular weight is 255 g/mol. The van der Waals surface area contributed by atoms with Crippen molar-refractivity contribution < 1.29 is 14.7 Å². The Labute approximate surface area is 102 Å². The van der Waals surface area contributed by atoms with Crippen molar-refractivity contribution in [3.05, 3.63) is 10.6 Å². The van der Waals surface area contributed by atoms with E-state index < -0.39 is 5.97 Å². The largest absolute Gasteiger partial charge is 0.476 e. The van der Waals surface area contributed by atoms with E-state index in [2.05, 4.69) is 15.6 Å². The first-order chi connectivity index (χ1) is 8.06. The molecule has 7 heteroatoms. The van der Waals surface area contributed by atoms with Gasteiger partial charge in [-0.2, -0.15) is 0 Å². The highest BCUT2D eigenvalue weighted by Crippen LogP contribution is 2.22. The second-order valence-corrected chi connectivity index (χ2v) is 5.12. The number of carbonyl (C=O) groups is 2. The topological polar surface area (TPSA) is 91.3 Å². The zero-order valence-electron chi connectivity index (χ0n) is 9.32. The fourth-order valence-corrected chi connectivity index (χ4v) is 2.52. The molecule has 2 heterocycles. The lowest BCUT2D eigenvalue weighted by Crippen LogP contribution is -2.31. The van der Waals surface area contributed by atoms with Gasteiger partial charge in [-0.1, -0.05) is 0 Å². The molecule has 1 aliphatic heterocycles. The van der Waals surface area contributed by atoms with E-state index in [9.17, 15) is 9.59 Å². The number of carboxylic acid groups (broad SMARTS) is 1. The number of rotatable bonds is 4. The molecule has 92 valence electrons. The van der Waals surface area contributed by atoms with Gasteiger partial charge in [-0.3, -0.25) is 4.79 Å². The summed E-state index contributed by atoms with van der Waals surface area (Å²) in [5.41, 5.74) is 0.0907. The van der Waals surface area contributed by atoms with Crippen LogP contribution in [-0.4, -0.2) is 34.6 Å². The van der Waals surface area contributed by atoms with Gasteiger partial charge in [0, 0.05) is 23.9 Å². The molecular weight excluding hydrogens is 242 g/mol. The summed E-state index contributed by atoms with van der Waals surface area (Å²) in [5.74, 6) is -0.945. The van der Waals surface area contributed by atoms with Crippen LogP contribution in [0.15, 0.2) is 0 Å². The van der Waals surface area contributed by atoms with Crippen molar-refractivity contribution in [1.29, 1.82) is 0 Å². The number of hydrogen-bond donors (Lipinski definition) is 3. The van der Waals surface area contributed by atoms with Gasteiger partial charge in [0.15, 0.2) is 10.8 Å². The Bertz CT molecular complexity index is 458. The fraction of sp³-hybridized carbons (Fsp3) is 0.500. The molecule has 1 amide bonds. The Hall–Kier alpha value is -1.63. The summed E-state index contributed by atoms with van der Waals surface area (Å²) >= 11 is 1.31. The van der Waals surface area contributed by atoms with Crippen LogP contribution in [0.4, 0.5) is 5.13 Å². The summed E-state index contributed by atoms with van der Waals surface area (Å²) < 4.78 is 0. The molecule has 6 nitrogen and oxygen atoms in total. The van der Waals surface area contributed by atoms with E-state index in [1.807, 2.05) is 0 Å². The Balaban J connectivity index is 1.93. The predicted octanol–water partition coefficient (Wildman–Crippen LogP) is 0.840. The van der Waals surface area contributed by atoms with Gasteiger partial charge in [0.2, 0.25) is 5.91 Å². The molecule has 17 heavy (non-hydrogen) atoms. The molecule has 2 rings (SSSR count). The molecule has 1 aliphatic rings. The quantitative estimate of drug-likeness (QED) is 0.741. The lowest BCUT2D eigenvalue weighted by molar-refractivity contribution is -0.119. The molecule has 1 unspecified atom stereocenters. The fourth-order valence-electron chi connectivity index (χ4n) is 1.71. The van der Waals surface area contributed by atoms with E-state index in [-0.39, 0.29) is 17.6 Å². The van der Waals surface area contributed by atoms with Crippen molar-refractivity contribution in [2.75, 3.05) is 11.9 Å². The molecule has 1 saturated heterocycles. The van der Waals surface area contributed by atoms with Crippen LogP contribution in [-0.2, 0) is 4.79 Å². The summed E-state index contributed by atoms with van der Waals surface area (Å²) in [6.45, 7) is 2.31. The smallest absolute Gasteiger partial charge is 0.355 e. The zero-order chi connectivity index (χ0) is 12.4. The molecule has 1 fully saturated rings. The zero-order valence-corrected chi connectivity index (χ0v) is 10.1. The Morgan fingerprint density at radius 3 is 3.00 bits per heavy atom. The van der Waals surface area contributed by atoms with Crippen LogP contribution >= 0.6 is 11.3 Å². The minimum atomic E-state index is -1.01. The predicted molar refractivity (Wildman–Crippen MR) is 63.5 cm³/mol. The molecule has 0 saturated carbocycles. The van der Waals surface area contributed by atoms with Gasteiger partial charge in [-0.15, -0.1) is 11.3 Å². The SMILES string of the molecule is Cc1sc(NCC2CCC(=O)N2)nc1C(=O)O. The van der Waals surface area contributed by atoms with E-state index in [1.54, 1.807) is 6.92 Å². The highest BCUT2D eigenvalue weighted by molar-refractivity contribution is 7.15. The lowest BCUT2D eigenvalue weighted by Gasteiger charge is -2.09. The number of carbonyl (C=O) groups excluding carboxylic acids is 1. The molecule has 0 aromatic carbocycles. The van der Waals surface area contributed by atoms with Crippen molar-refractivity contribution >= 4 is 28.3 Å². The third-order valence-electron chi connectivity index (χ3n) is 2.58. The van der Waals surface area contributed by atoms with Gasteiger partial charge in [0.1, 0.15) is 0 Å². The normalized spacial score (nSPS) is 19.1. The number of nitrogens with zero attached hydrogens (tertiary/aromatic N) is 1. The Morgan fingerprint density at radius 2 is 2.47 bits per heavy atom.